The number of nitrogen functional groups attached to an aromatic ring is 1. The van der Waals surface area contributed by atoms with Crippen molar-refractivity contribution in [3.8, 4) is 0 Å². The average molecular weight is 367 g/mol. The van der Waals surface area contributed by atoms with E-state index in [4.69, 9.17) is 10.2 Å². The third-order valence-electron chi connectivity index (χ3n) is 5.28. The Morgan fingerprint density at radius 2 is 2.16 bits per heavy atom. The zero-order valence-corrected chi connectivity index (χ0v) is 16.7. The third kappa shape index (κ3) is 4.64. The Bertz CT molecular complexity index is 618. The number of piperidine rings is 1. The summed E-state index contributed by atoms with van der Waals surface area (Å²) < 4.78 is 6.51. The topological polar surface area (TPSA) is 101 Å². The van der Waals surface area contributed by atoms with E-state index in [-0.39, 0.29) is 17.2 Å². The highest BCUT2D eigenvalue weighted by Gasteiger charge is 2.42. The highest BCUT2D eigenvalue weighted by molar-refractivity contribution is 6.74. The maximum Gasteiger partial charge on any atom is 0.405 e. The predicted molar refractivity (Wildman–Crippen MR) is 102 cm³/mol. The molecule has 1 aromatic heterocycles. The van der Waals surface area contributed by atoms with Gasteiger partial charge in [0.05, 0.1) is 29.7 Å². The van der Waals surface area contributed by atoms with E-state index in [1.165, 1.54) is 0 Å². The van der Waals surface area contributed by atoms with E-state index < -0.39 is 14.4 Å². The maximum atomic E-state index is 11.3. The summed E-state index contributed by atoms with van der Waals surface area (Å²) in [6, 6.07) is 1.57. The van der Waals surface area contributed by atoms with Gasteiger partial charge in [0.25, 0.3) is 0 Å². The van der Waals surface area contributed by atoms with Crippen LogP contribution in [-0.2, 0) is 4.43 Å². The highest BCUT2D eigenvalue weighted by Crippen LogP contribution is 2.38. The number of amides is 1. The standard InChI is InChI=1S/C17H30N4O3Si/c1-17(2,3)25(4,5)24-15-7-9-21(11-13(15)20-16(22)23)14-6-8-19-10-12(14)18/h6,8,10,13,15,20H,7,9,11,18H2,1-5H3,(H,22,23)/t13-,15-/m0/s1. The van der Waals surface area contributed by atoms with Crippen molar-refractivity contribution in [3.63, 3.8) is 0 Å². The molecule has 0 bridgehead atoms. The van der Waals surface area contributed by atoms with E-state index in [0.29, 0.717) is 12.2 Å². The van der Waals surface area contributed by atoms with E-state index in [1.54, 1.807) is 12.4 Å². The van der Waals surface area contributed by atoms with Gasteiger partial charge in [-0.2, -0.15) is 0 Å². The Morgan fingerprint density at radius 3 is 2.72 bits per heavy atom. The largest absolute Gasteiger partial charge is 0.465 e. The van der Waals surface area contributed by atoms with E-state index >= 15 is 0 Å². The molecule has 2 rings (SSSR count). The van der Waals surface area contributed by atoms with Crippen molar-refractivity contribution < 1.29 is 14.3 Å². The molecule has 0 aliphatic carbocycles. The molecule has 140 valence electrons. The minimum atomic E-state index is -1.98. The molecular formula is C17H30N4O3Si. The molecule has 2 atom stereocenters. The fraction of sp³-hybridized carbons (Fsp3) is 0.647. The van der Waals surface area contributed by atoms with E-state index in [1.807, 2.05) is 6.07 Å². The maximum absolute atomic E-state index is 11.3. The summed E-state index contributed by atoms with van der Waals surface area (Å²) in [6.07, 6.45) is 2.91. The van der Waals surface area contributed by atoms with Crippen molar-refractivity contribution in [1.29, 1.82) is 0 Å². The molecule has 1 fully saturated rings. The number of pyridine rings is 1. The van der Waals surface area contributed by atoms with Gasteiger partial charge in [0.1, 0.15) is 0 Å². The average Bonchev–Trinajstić information content (AvgIpc) is 2.48. The van der Waals surface area contributed by atoms with Gasteiger partial charge in [-0.15, -0.1) is 0 Å². The van der Waals surface area contributed by atoms with Crippen LogP contribution < -0.4 is 16.0 Å². The molecule has 1 aliphatic rings. The second-order valence-electron chi connectivity index (χ2n) is 8.14. The van der Waals surface area contributed by atoms with Crippen LogP contribution in [0, 0.1) is 0 Å². The van der Waals surface area contributed by atoms with Crippen LogP contribution in [0.15, 0.2) is 18.5 Å². The first-order valence-corrected chi connectivity index (χ1v) is 11.5. The number of carboxylic acid groups (broad SMARTS) is 1. The van der Waals surface area contributed by atoms with Gasteiger partial charge in [0.15, 0.2) is 8.32 Å². The predicted octanol–water partition coefficient (Wildman–Crippen LogP) is 2.90. The minimum Gasteiger partial charge on any atom is -0.465 e. The van der Waals surface area contributed by atoms with Gasteiger partial charge in [-0.05, 0) is 30.6 Å². The Morgan fingerprint density at radius 1 is 1.48 bits per heavy atom. The first kappa shape index (κ1) is 19.5. The van der Waals surface area contributed by atoms with E-state index in [2.05, 4.69) is 49.1 Å². The first-order chi connectivity index (χ1) is 11.5. The Kier molecular flexibility index (Phi) is 5.63. The smallest absolute Gasteiger partial charge is 0.405 e. The molecule has 0 spiro atoms. The Hall–Kier alpha value is -1.80. The fourth-order valence-corrected chi connectivity index (χ4v) is 4.22. The van der Waals surface area contributed by atoms with Crippen LogP contribution in [0.2, 0.25) is 18.1 Å². The molecule has 0 unspecified atom stereocenters. The lowest BCUT2D eigenvalue weighted by Crippen LogP contribution is -2.59. The number of hydrogen-bond acceptors (Lipinski definition) is 5. The summed E-state index contributed by atoms with van der Waals surface area (Å²) in [5, 5.41) is 12.0. The first-order valence-electron chi connectivity index (χ1n) is 8.63. The SMILES string of the molecule is CC(C)(C)[Si](C)(C)O[C@H]1CCN(c2ccncc2N)C[C@@H]1NC(=O)O. The summed E-state index contributed by atoms with van der Waals surface area (Å²) >= 11 is 0. The quantitative estimate of drug-likeness (QED) is 0.708. The normalized spacial score (nSPS) is 21.9. The van der Waals surface area contributed by atoms with Crippen molar-refractivity contribution in [1.82, 2.24) is 10.3 Å². The molecule has 7 nitrogen and oxygen atoms in total. The van der Waals surface area contributed by atoms with Gasteiger partial charge in [0.2, 0.25) is 0 Å². The van der Waals surface area contributed by atoms with Crippen LogP contribution in [0.1, 0.15) is 27.2 Å². The van der Waals surface area contributed by atoms with Crippen molar-refractivity contribution in [2.45, 2.75) is 57.5 Å². The molecule has 0 radical (unpaired) electrons. The zero-order chi connectivity index (χ0) is 18.8. The Balaban J connectivity index is 2.18. The molecule has 0 saturated carbocycles. The second kappa shape index (κ2) is 7.21. The third-order valence-corrected chi connectivity index (χ3v) is 9.78. The number of nitrogens with zero attached hydrogens (tertiary/aromatic N) is 2. The summed E-state index contributed by atoms with van der Waals surface area (Å²) in [5.41, 5.74) is 7.51. The van der Waals surface area contributed by atoms with Crippen LogP contribution in [0.25, 0.3) is 0 Å². The lowest BCUT2D eigenvalue weighted by Gasteiger charge is -2.45. The zero-order valence-electron chi connectivity index (χ0n) is 15.7. The number of hydrogen-bond donors (Lipinski definition) is 3. The van der Waals surface area contributed by atoms with Gasteiger partial charge in [-0.25, -0.2) is 4.79 Å². The molecule has 25 heavy (non-hydrogen) atoms. The van der Waals surface area contributed by atoms with Crippen LogP contribution in [0.4, 0.5) is 16.2 Å². The van der Waals surface area contributed by atoms with Gasteiger partial charge in [-0.3, -0.25) is 4.98 Å². The van der Waals surface area contributed by atoms with Gasteiger partial charge in [-0.1, -0.05) is 20.8 Å². The molecule has 1 aliphatic heterocycles. The molecule has 2 heterocycles. The summed E-state index contributed by atoms with van der Waals surface area (Å²) in [5.74, 6) is 0. The number of rotatable bonds is 4. The number of nitrogens with one attached hydrogen (secondary N) is 1. The molecular weight excluding hydrogens is 336 g/mol. The van der Waals surface area contributed by atoms with Crippen LogP contribution in [0.3, 0.4) is 0 Å². The molecule has 1 saturated heterocycles. The van der Waals surface area contributed by atoms with Crippen LogP contribution in [0.5, 0.6) is 0 Å². The van der Waals surface area contributed by atoms with Crippen LogP contribution in [-0.4, -0.2) is 49.7 Å². The molecule has 0 aromatic carbocycles. The number of nitrogens with two attached hydrogens (primary N) is 1. The van der Waals surface area contributed by atoms with Crippen molar-refractivity contribution >= 4 is 25.8 Å². The van der Waals surface area contributed by atoms with Gasteiger partial charge in [0, 0.05) is 19.3 Å². The Labute approximate surface area is 150 Å². The monoisotopic (exact) mass is 366 g/mol. The van der Waals surface area contributed by atoms with Crippen molar-refractivity contribution in [2.24, 2.45) is 0 Å². The summed E-state index contributed by atoms with van der Waals surface area (Å²) in [7, 11) is -1.98. The van der Waals surface area contributed by atoms with Gasteiger partial charge >= 0.3 is 6.09 Å². The highest BCUT2D eigenvalue weighted by atomic mass is 28.4. The minimum absolute atomic E-state index is 0.0768. The number of aromatic nitrogens is 1. The van der Waals surface area contributed by atoms with Gasteiger partial charge < -0.3 is 25.5 Å². The number of carbonyl (C=O) groups is 1. The summed E-state index contributed by atoms with van der Waals surface area (Å²) in [4.78, 5) is 17.4. The lowest BCUT2D eigenvalue weighted by molar-refractivity contribution is 0.110. The molecule has 1 aromatic rings. The number of anilines is 2. The lowest BCUT2D eigenvalue weighted by atomic mass is 10.0. The fourth-order valence-electron chi connectivity index (χ4n) is 2.83. The van der Waals surface area contributed by atoms with E-state index in [9.17, 15) is 9.90 Å². The van der Waals surface area contributed by atoms with Crippen molar-refractivity contribution in [2.75, 3.05) is 23.7 Å². The molecule has 4 N–H and O–H groups in total. The van der Waals surface area contributed by atoms with E-state index in [0.717, 1.165) is 18.7 Å². The molecule has 1 amide bonds. The second-order valence-corrected chi connectivity index (χ2v) is 12.9. The van der Waals surface area contributed by atoms with Crippen molar-refractivity contribution in [3.05, 3.63) is 18.5 Å². The summed E-state index contributed by atoms with van der Waals surface area (Å²) in [6.45, 7) is 12.2. The molecule has 8 heteroatoms. The van der Waals surface area contributed by atoms with Crippen LogP contribution >= 0.6 is 0 Å².